The van der Waals surface area contributed by atoms with Gasteiger partial charge < -0.3 is 15.7 Å². The van der Waals surface area contributed by atoms with Crippen molar-refractivity contribution in [2.45, 2.75) is 52.0 Å². The van der Waals surface area contributed by atoms with Crippen LogP contribution in [0.4, 0.5) is 4.79 Å². The molecule has 5 heteroatoms. The first-order valence-electron chi connectivity index (χ1n) is 6.17. The lowest BCUT2D eigenvalue weighted by Gasteiger charge is -2.27. The zero-order valence-corrected chi connectivity index (χ0v) is 10.8. The molecule has 0 aromatic heterocycles. The van der Waals surface area contributed by atoms with Crippen molar-refractivity contribution >= 4 is 12.0 Å². The van der Waals surface area contributed by atoms with Crippen LogP contribution < -0.4 is 10.6 Å². The molecular formula is C12H22N2O3. The lowest BCUT2D eigenvalue weighted by molar-refractivity contribution is -0.149. The van der Waals surface area contributed by atoms with E-state index < -0.39 is 11.4 Å². The summed E-state index contributed by atoms with van der Waals surface area (Å²) >= 11 is 0. The van der Waals surface area contributed by atoms with Crippen LogP contribution in [0.15, 0.2) is 0 Å². The molecule has 1 rings (SSSR count). The third-order valence-electron chi connectivity index (χ3n) is 3.81. The fourth-order valence-corrected chi connectivity index (χ4v) is 1.76. The predicted molar refractivity (Wildman–Crippen MR) is 64.8 cm³/mol. The second-order valence-electron chi connectivity index (χ2n) is 5.16. The summed E-state index contributed by atoms with van der Waals surface area (Å²) in [5.41, 5.74) is -0.920. The monoisotopic (exact) mass is 242 g/mol. The molecular weight excluding hydrogens is 220 g/mol. The van der Waals surface area contributed by atoms with Gasteiger partial charge in [-0.3, -0.25) is 4.79 Å². The van der Waals surface area contributed by atoms with Gasteiger partial charge in [0.1, 0.15) is 0 Å². The zero-order valence-electron chi connectivity index (χ0n) is 10.8. The summed E-state index contributed by atoms with van der Waals surface area (Å²) in [5.74, 6) is -0.847. The molecule has 3 N–H and O–H groups in total. The summed E-state index contributed by atoms with van der Waals surface area (Å²) < 4.78 is 0. The van der Waals surface area contributed by atoms with Crippen molar-refractivity contribution in [1.29, 1.82) is 0 Å². The quantitative estimate of drug-likeness (QED) is 0.663. The molecule has 0 unspecified atom stereocenters. The highest BCUT2D eigenvalue weighted by atomic mass is 16.4. The normalized spacial score (nSPS) is 17.4. The smallest absolute Gasteiger partial charge is 0.315 e. The van der Waals surface area contributed by atoms with Crippen LogP contribution >= 0.6 is 0 Å². The molecule has 0 aliphatic heterocycles. The van der Waals surface area contributed by atoms with Gasteiger partial charge in [0.2, 0.25) is 0 Å². The number of hydrogen-bond acceptors (Lipinski definition) is 2. The van der Waals surface area contributed by atoms with E-state index in [4.69, 9.17) is 0 Å². The summed E-state index contributed by atoms with van der Waals surface area (Å²) in [6, 6.07) is -0.266. The van der Waals surface area contributed by atoms with Crippen LogP contribution in [0.25, 0.3) is 0 Å². The first kappa shape index (κ1) is 13.8. The fraction of sp³-hybridized carbons (Fsp3) is 0.833. The molecule has 1 fully saturated rings. The molecule has 0 bridgehead atoms. The van der Waals surface area contributed by atoms with E-state index in [1.165, 1.54) is 0 Å². The number of carbonyl (C=O) groups is 2. The van der Waals surface area contributed by atoms with Crippen LogP contribution in [-0.2, 0) is 4.79 Å². The zero-order chi connectivity index (χ0) is 13.1. The van der Waals surface area contributed by atoms with Crippen molar-refractivity contribution in [3.8, 4) is 0 Å². The molecule has 0 aromatic carbocycles. The Morgan fingerprint density at radius 1 is 1.29 bits per heavy atom. The van der Waals surface area contributed by atoms with E-state index in [-0.39, 0.29) is 18.1 Å². The number of carboxylic acids is 1. The van der Waals surface area contributed by atoms with Crippen LogP contribution in [-0.4, -0.2) is 29.2 Å². The minimum absolute atomic E-state index is 0.0750. The molecule has 0 saturated heterocycles. The number of amides is 2. The third-order valence-corrected chi connectivity index (χ3v) is 3.81. The Hall–Kier alpha value is -1.26. The largest absolute Gasteiger partial charge is 0.481 e. The average Bonchev–Trinajstić information content (AvgIpc) is 2.97. The molecule has 0 aromatic rings. The van der Waals surface area contributed by atoms with Gasteiger partial charge >= 0.3 is 12.0 Å². The summed E-state index contributed by atoms with van der Waals surface area (Å²) in [4.78, 5) is 22.8. The second-order valence-corrected chi connectivity index (χ2v) is 5.16. The molecule has 17 heavy (non-hydrogen) atoms. The number of carbonyl (C=O) groups excluding carboxylic acids is 1. The highest BCUT2D eigenvalue weighted by Gasteiger charge is 2.40. The van der Waals surface area contributed by atoms with Gasteiger partial charge in [0, 0.05) is 12.1 Å². The molecule has 1 saturated carbocycles. The van der Waals surface area contributed by atoms with E-state index in [2.05, 4.69) is 10.6 Å². The minimum Gasteiger partial charge on any atom is -0.481 e. The average molecular weight is 242 g/mol. The van der Waals surface area contributed by atoms with Gasteiger partial charge in [-0.1, -0.05) is 13.8 Å². The molecule has 2 amide bonds. The van der Waals surface area contributed by atoms with Crippen LogP contribution in [0.2, 0.25) is 0 Å². The van der Waals surface area contributed by atoms with E-state index in [0.717, 1.165) is 12.8 Å². The maximum atomic E-state index is 11.6. The van der Waals surface area contributed by atoms with Crippen LogP contribution in [0.1, 0.15) is 46.5 Å². The topological polar surface area (TPSA) is 78.4 Å². The summed E-state index contributed by atoms with van der Waals surface area (Å²) in [6.07, 6.45) is 3.00. The number of nitrogens with one attached hydrogen (secondary N) is 2. The van der Waals surface area contributed by atoms with Gasteiger partial charge in [-0.05, 0) is 32.6 Å². The highest BCUT2D eigenvalue weighted by molar-refractivity contribution is 5.78. The Labute approximate surface area is 102 Å². The van der Waals surface area contributed by atoms with Gasteiger partial charge in [-0.15, -0.1) is 0 Å². The molecule has 0 spiro atoms. The molecule has 1 aliphatic carbocycles. The standard InChI is InChI=1S/C12H22N2O3/c1-4-12(5-2,9(15)16)8-13-10(17)14-11(3)6-7-11/h4-8H2,1-3H3,(H,15,16)(H2,13,14,17). The number of urea groups is 1. The van der Waals surface area contributed by atoms with Crippen LogP contribution in [0, 0.1) is 5.41 Å². The van der Waals surface area contributed by atoms with E-state index >= 15 is 0 Å². The van der Waals surface area contributed by atoms with Gasteiger partial charge in [0.05, 0.1) is 5.41 Å². The summed E-state index contributed by atoms with van der Waals surface area (Å²) in [7, 11) is 0. The van der Waals surface area contributed by atoms with Crippen molar-refractivity contribution < 1.29 is 14.7 Å². The Morgan fingerprint density at radius 3 is 2.18 bits per heavy atom. The van der Waals surface area contributed by atoms with Gasteiger partial charge in [-0.2, -0.15) is 0 Å². The first-order chi connectivity index (χ1) is 7.87. The number of aliphatic carboxylic acids is 1. The van der Waals surface area contributed by atoms with Crippen molar-refractivity contribution in [1.82, 2.24) is 10.6 Å². The van der Waals surface area contributed by atoms with Crippen molar-refractivity contribution in [3.63, 3.8) is 0 Å². The Morgan fingerprint density at radius 2 is 1.82 bits per heavy atom. The Kier molecular flexibility index (Phi) is 4.01. The van der Waals surface area contributed by atoms with E-state index in [1.807, 2.05) is 20.8 Å². The van der Waals surface area contributed by atoms with Crippen molar-refractivity contribution in [2.24, 2.45) is 5.41 Å². The van der Waals surface area contributed by atoms with Gasteiger partial charge in [0.25, 0.3) is 0 Å². The van der Waals surface area contributed by atoms with E-state index in [1.54, 1.807) is 0 Å². The minimum atomic E-state index is -0.847. The Balaban J connectivity index is 2.46. The molecule has 0 radical (unpaired) electrons. The van der Waals surface area contributed by atoms with Gasteiger partial charge in [0.15, 0.2) is 0 Å². The van der Waals surface area contributed by atoms with E-state index in [0.29, 0.717) is 12.8 Å². The fourth-order valence-electron chi connectivity index (χ4n) is 1.76. The molecule has 0 heterocycles. The lowest BCUT2D eigenvalue weighted by atomic mass is 9.82. The van der Waals surface area contributed by atoms with E-state index in [9.17, 15) is 14.7 Å². The third kappa shape index (κ3) is 3.35. The summed E-state index contributed by atoms with van der Waals surface area (Å²) in [6.45, 7) is 5.83. The number of rotatable bonds is 6. The Bertz CT molecular complexity index is 307. The molecule has 5 nitrogen and oxygen atoms in total. The molecule has 1 aliphatic rings. The van der Waals surface area contributed by atoms with Crippen molar-refractivity contribution in [3.05, 3.63) is 0 Å². The molecule has 0 atom stereocenters. The van der Waals surface area contributed by atoms with Gasteiger partial charge in [-0.25, -0.2) is 4.79 Å². The lowest BCUT2D eigenvalue weighted by Crippen LogP contribution is -2.48. The maximum absolute atomic E-state index is 11.6. The van der Waals surface area contributed by atoms with Crippen LogP contribution in [0.3, 0.4) is 0 Å². The SMILES string of the molecule is CCC(CC)(CNC(=O)NC1(C)CC1)C(=O)O. The van der Waals surface area contributed by atoms with Crippen molar-refractivity contribution in [2.75, 3.05) is 6.54 Å². The summed E-state index contributed by atoms with van der Waals surface area (Å²) in [5, 5.41) is 14.7. The molecule has 98 valence electrons. The predicted octanol–water partition coefficient (Wildman–Crippen LogP) is 1.73. The second kappa shape index (κ2) is 4.94. The first-order valence-corrected chi connectivity index (χ1v) is 6.17. The maximum Gasteiger partial charge on any atom is 0.315 e. The number of carboxylic acid groups (broad SMARTS) is 1. The van der Waals surface area contributed by atoms with Crippen LogP contribution in [0.5, 0.6) is 0 Å². The highest BCUT2D eigenvalue weighted by Crippen LogP contribution is 2.34. The number of hydrogen-bond donors (Lipinski definition) is 3.